The summed E-state index contributed by atoms with van der Waals surface area (Å²) < 4.78 is 16.7. The third kappa shape index (κ3) is 4.18. The van der Waals surface area contributed by atoms with Crippen molar-refractivity contribution in [2.24, 2.45) is 0 Å². The molecule has 0 radical (unpaired) electrons. The number of hydrogen-bond acceptors (Lipinski definition) is 6. The molecule has 0 bridgehead atoms. The van der Waals surface area contributed by atoms with Gasteiger partial charge in [0.25, 0.3) is 0 Å². The second kappa shape index (κ2) is 8.46. The quantitative estimate of drug-likeness (QED) is 0.661. The van der Waals surface area contributed by atoms with E-state index in [4.69, 9.17) is 13.9 Å². The molecule has 0 amide bonds. The normalized spacial score (nSPS) is 15.0. The van der Waals surface area contributed by atoms with E-state index in [0.29, 0.717) is 23.1 Å². The van der Waals surface area contributed by atoms with Crippen LogP contribution in [0.15, 0.2) is 57.9 Å². The predicted molar refractivity (Wildman–Crippen MR) is 107 cm³/mol. The fraction of sp³-hybridized carbons (Fsp3) is 0.318. The summed E-state index contributed by atoms with van der Waals surface area (Å²) in [6.07, 6.45) is 2.39. The largest absolute Gasteiger partial charge is 0.508 e. The second-order valence-electron chi connectivity index (χ2n) is 6.84. The zero-order valence-corrected chi connectivity index (χ0v) is 15.6. The third-order valence-corrected chi connectivity index (χ3v) is 4.91. The highest BCUT2D eigenvalue weighted by Crippen LogP contribution is 2.24. The van der Waals surface area contributed by atoms with Crippen LogP contribution in [0.1, 0.15) is 6.42 Å². The SMILES string of the molecule is O=c1c(-c2ccc(OCCCN3CCOCC3)cc2)coc2cc(O)ccc12. The number of nitrogens with zero attached hydrogens (tertiary/aromatic N) is 1. The summed E-state index contributed by atoms with van der Waals surface area (Å²) in [6, 6.07) is 11.9. The molecule has 4 rings (SSSR count). The van der Waals surface area contributed by atoms with Gasteiger partial charge in [-0.15, -0.1) is 0 Å². The van der Waals surface area contributed by atoms with Crippen LogP contribution in [-0.4, -0.2) is 49.5 Å². The molecule has 0 unspecified atom stereocenters. The Kier molecular flexibility index (Phi) is 5.60. The average Bonchev–Trinajstić information content (AvgIpc) is 2.73. The Labute approximate surface area is 162 Å². The van der Waals surface area contributed by atoms with Gasteiger partial charge in [0.1, 0.15) is 23.3 Å². The lowest BCUT2D eigenvalue weighted by Crippen LogP contribution is -2.37. The van der Waals surface area contributed by atoms with Crippen molar-refractivity contribution < 1.29 is 19.0 Å². The van der Waals surface area contributed by atoms with Crippen LogP contribution >= 0.6 is 0 Å². The Balaban J connectivity index is 1.39. The van der Waals surface area contributed by atoms with Crippen molar-refractivity contribution in [3.8, 4) is 22.6 Å². The molecular formula is C22H23NO5. The first kappa shape index (κ1) is 18.5. The van der Waals surface area contributed by atoms with E-state index in [-0.39, 0.29) is 11.2 Å². The highest BCUT2D eigenvalue weighted by molar-refractivity contribution is 5.82. The van der Waals surface area contributed by atoms with Crippen LogP contribution < -0.4 is 10.2 Å². The molecule has 1 fully saturated rings. The van der Waals surface area contributed by atoms with Gasteiger partial charge in [-0.1, -0.05) is 12.1 Å². The molecule has 1 aliphatic heterocycles. The van der Waals surface area contributed by atoms with E-state index in [1.807, 2.05) is 24.3 Å². The molecular weight excluding hydrogens is 358 g/mol. The molecule has 1 saturated heterocycles. The van der Waals surface area contributed by atoms with E-state index in [9.17, 15) is 9.90 Å². The Morgan fingerprint density at radius 3 is 2.64 bits per heavy atom. The second-order valence-corrected chi connectivity index (χ2v) is 6.84. The molecule has 1 aromatic heterocycles. The van der Waals surface area contributed by atoms with Gasteiger partial charge in [-0.05, 0) is 36.2 Å². The van der Waals surface area contributed by atoms with Crippen LogP contribution in [0.2, 0.25) is 0 Å². The maximum Gasteiger partial charge on any atom is 0.200 e. The molecule has 1 aliphatic rings. The topological polar surface area (TPSA) is 72.1 Å². The first-order valence-corrected chi connectivity index (χ1v) is 9.48. The lowest BCUT2D eigenvalue weighted by molar-refractivity contribution is 0.0358. The molecule has 2 heterocycles. The lowest BCUT2D eigenvalue weighted by Gasteiger charge is -2.26. The third-order valence-electron chi connectivity index (χ3n) is 4.91. The van der Waals surface area contributed by atoms with Crippen molar-refractivity contribution >= 4 is 11.0 Å². The number of rotatable bonds is 6. The van der Waals surface area contributed by atoms with Gasteiger partial charge in [-0.2, -0.15) is 0 Å². The number of fused-ring (bicyclic) bond motifs is 1. The fourth-order valence-corrected chi connectivity index (χ4v) is 3.35. The monoisotopic (exact) mass is 381 g/mol. The molecule has 2 aromatic carbocycles. The Morgan fingerprint density at radius 2 is 1.86 bits per heavy atom. The van der Waals surface area contributed by atoms with E-state index in [1.165, 1.54) is 18.4 Å². The smallest absolute Gasteiger partial charge is 0.200 e. The number of phenolic OH excluding ortho intramolecular Hbond substituents is 1. The summed E-state index contributed by atoms with van der Waals surface area (Å²) in [7, 11) is 0. The molecule has 0 spiro atoms. The highest BCUT2D eigenvalue weighted by atomic mass is 16.5. The predicted octanol–water partition coefficient (Wildman–Crippen LogP) is 3.27. The van der Waals surface area contributed by atoms with Gasteiger partial charge < -0.3 is 19.0 Å². The zero-order chi connectivity index (χ0) is 19.3. The minimum Gasteiger partial charge on any atom is -0.508 e. The average molecular weight is 381 g/mol. The molecule has 6 heteroatoms. The lowest BCUT2D eigenvalue weighted by atomic mass is 10.1. The van der Waals surface area contributed by atoms with Crippen molar-refractivity contribution in [2.75, 3.05) is 39.5 Å². The van der Waals surface area contributed by atoms with Crippen molar-refractivity contribution in [1.82, 2.24) is 4.90 Å². The summed E-state index contributed by atoms with van der Waals surface area (Å²) >= 11 is 0. The summed E-state index contributed by atoms with van der Waals surface area (Å²) in [5.41, 5.74) is 1.50. The minimum absolute atomic E-state index is 0.0681. The van der Waals surface area contributed by atoms with Gasteiger partial charge in [0.2, 0.25) is 0 Å². The van der Waals surface area contributed by atoms with Gasteiger partial charge in [0, 0.05) is 25.7 Å². The minimum atomic E-state index is -0.125. The Morgan fingerprint density at radius 1 is 1.07 bits per heavy atom. The first-order valence-electron chi connectivity index (χ1n) is 9.48. The number of morpholine rings is 1. The number of ether oxygens (including phenoxy) is 2. The molecule has 1 N–H and O–H groups in total. The summed E-state index contributed by atoms with van der Waals surface area (Å²) in [5.74, 6) is 0.847. The Hall–Kier alpha value is -2.83. The molecule has 6 nitrogen and oxygen atoms in total. The molecule has 0 aliphatic carbocycles. The molecule has 0 atom stereocenters. The summed E-state index contributed by atoms with van der Waals surface area (Å²) in [4.78, 5) is 15.1. The van der Waals surface area contributed by atoms with Crippen LogP contribution in [0.5, 0.6) is 11.5 Å². The number of hydrogen-bond donors (Lipinski definition) is 1. The van der Waals surface area contributed by atoms with E-state index >= 15 is 0 Å². The standard InChI is InChI=1S/C22H23NO5/c24-17-4-7-19-21(14-17)28-15-20(22(19)25)16-2-5-18(6-3-16)27-11-1-8-23-9-12-26-13-10-23/h2-7,14-15,24H,1,8-13H2. The molecule has 28 heavy (non-hydrogen) atoms. The van der Waals surface area contributed by atoms with Gasteiger partial charge in [0.15, 0.2) is 5.43 Å². The maximum absolute atomic E-state index is 12.7. The van der Waals surface area contributed by atoms with Crippen molar-refractivity contribution in [1.29, 1.82) is 0 Å². The first-order chi connectivity index (χ1) is 13.7. The van der Waals surface area contributed by atoms with E-state index < -0.39 is 0 Å². The van der Waals surface area contributed by atoms with Gasteiger partial charge in [-0.25, -0.2) is 0 Å². The van der Waals surface area contributed by atoms with Crippen molar-refractivity contribution in [3.63, 3.8) is 0 Å². The van der Waals surface area contributed by atoms with E-state index in [2.05, 4.69) is 4.90 Å². The van der Waals surface area contributed by atoms with E-state index in [1.54, 1.807) is 6.07 Å². The van der Waals surface area contributed by atoms with Gasteiger partial charge in [-0.3, -0.25) is 9.69 Å². The highest BCUT2D eigenvalue weighted by Gasteiger charge is 2.11. The number of phenols is 1. The summed E-state index contributed by atoms with van der Waals surface area (Å²) in [5, 5.41) is 9.96. The Bertz CT molecular complexity index is 990. The van der Waals surface area contributed by atoms with Crippen LogP contribution in [0.25, 0.3) is 22.1 Å². The molecule has 146 valence electrons. The fourth-order valence-electron chi connectivity index (χ4n) is 3.35. The van der Waals surface area contributed by atoms with Crippen LogP contribution in [-0.2, 0) is 4.74 Å². The molecule has 0 saturated carbocycles. The van der Waals surface area contributed by atoms with Crippen molar-refractivity contribution in [3.05, 3.63) is 59.0 Å². The summed E-state index contributed by atoms with van der Waals surface area (Å²) in [6.45, 7) is 5.26. The van der Waals surface area contributed by atoms with Crippen molar-refractivity contribution in [2.45, 2.75) is 6.42 Å². The van der Waals surface area contributed by atoms with Crippen LogP contribution in [0.3, 0.4) is 0 Å². The number of benzene rings is 2. The maximum atomic E-state index is 12.7. The molecule has 3 aromatic rings. The van der Waals surface area contributed by atoms with Crippen LogP contribution in [0.4, 0.5) is 0 Å². The van der Waals surface area contributed by atoms with Crippen LogP contribution in [0, 0.1) is 0 Å². The van der Waals surface area contributed by atoms with E-state index in [0.717, 1.165) is 50.6 Å². The van der Waals surface area contributed by atoms with Gasteiger partial charge in [0.05, 0.1) is 30.8 Å². The zero-order valence-electron chi connectivity index (χ0n) is 15.6. The number of aromatic hydroxyl groups is 1. The van der Waals surface area contributed by atoms with Gasteiger partial charge >= 0.3 is 0 Å².